The predicted octanol–water partition coefficient (Wildman–Crippen LogP) is 2.98. The Labute approximate surface area is 128 Å². The van der Waals surface area contributed by atoms with Crippen molar-refractivity contribution in [1.29, 1.82) is 5.26 Å². The highest BCUT2D eigenvalue weighted by Crippen LogP contribution is 2.34. The first kappa shape index (κ1) is 12.9. The van der Waals surface area contributed by atoms with Gasteiger partial charge in [0.2, 0.25) is 0 Å². The fraction of sp³-hybridized carbons (Fsp3) is 0.167. The van der Waals surface area contributed by atoms with E-state index in [0.29, 0.717) is 11.3 Å². The van der Waals surface area contributed by atoms with E-state index in [0.717, 1.165) is 35.1 Å². The molecule has 2 heterocycles. The van der Waals surface area contributed by atoms with Crippen LogP contribution in [0.3, 0.4) is 0 Å². The quantitative estimate of drug-likeness (QED) is 0.645. The molecule has 3 aromatic rings. The summed E-state index contributed by atoms with van der Waals surface area (Å²) in [5.41, 5.74) is 5.26. The number of hydrogen-bond acceptors (Lipinski definition) is 3. The Hall–Kier alpha value is -2.77. The average Bonchev–Trinajstić information content (AvgIpc) is 2.93. The predicted molar refractivity (Wildman–Crippen MR) is 84.7 cm³/mol. The van der Waals surface area contributed by atoms with Gasteiger partial charge in [0.05, 0.1) is 17.7 Å². The number of phenols is 1. The van der Waals surface area contributed by atoms with Crippen molar-refractivity contribution in [3.8, 4) is 11.8 Å². The Morgan fingerprint density at radius 1 is 1.14 bits per heavy atom. The summed E-state index contributed by atoms with van der Waals surface area (Å²) < 4.78 is 0. The van der Waals surface area contributed by atoms with Gasteiger partial charge in [-0.25, -0.2) is 0 Å². The number of fused-ring (bicyclic) bond motifs is 3. The Kier molecular flexibility index (Phi) is 2.88. The molecule has 1 aliphatic heterocycles. The molecule has 1 unspecified atom stereocenters. The summed E-state index contributed by atoms with van der Waals surface area (Å²) in [6.45, 7) is 0.889. The molecule has 3 N–H and O–H groups in total. The molecule has 22 heavy (non-hydrogen) atoms. The summed E-state index contributed by atoms with van der Waals surface area (Å²) in [4.78, 5) is 3.48. The van der Waals surface area contributed by atoms with Gasteiger partial charge >= 0.3 is 0 Å². The third kappa shape index (κ3) is 1.95. The molecule has 0 amide bonds. The lowest BCUT2D eigenvalue weighted by molar-refractivity contribution is 0.476. The van der Waals surface area contributed by atoms with E-state index in [1.54, 1.807) is 6.07 Å². The number of aromatic nitrogens is 1. The Balaban J connectivity index is 1.84. The lowest BCUT2D eigenvalue weighted by Crippen LogP contribution is -2.30. The SMILES string of the molecule is N#Cc1ccc(C2NCCc3c2[nH]c2ccc(O)cc32)cc1. The van der Waals surface area contributed by atoms with Gasteiger partial charge in [0.25, 0.3) is 0 Å². The zero-order chi connectivity index (χ0) is 15.1. The molecule has 1 aromatic heterocycles. The van der Waals surface area contributed by atoms with Crippen molar-refractivity contribution in [3.63, 3.8) is 0 Å². The largest absolute Gasteiger partial charge is 0.508 e. The third-order valence-corrected chi connectivity index (χ3v) is 4.31. The van der Waals surface area contributed by atoms with Crippen molar-refractivity contribution < 1.29 is 5.11 Å². The van der Waals surface area contributed by atoms with Crippen molar-refractivity contribution >= 4 is 10.9 Å². The molecular weight excluding hydrogens is 274 g/mol. The fourth-order valence-corrected chi connectivity index (χ4v) is 3.25. The molecule has 2 aromatic carbocycles. The molecule has 1 atom stereocenters. The molecule has 1 aliphatic rings. The monoisotopic (exact) mass is 289 g/mol. The smallest absolute Gasteiger partial charge is 0.116 e. The molecule has 0 radical (unpaired) electrons. The second kappa shape index (κ2) is 4.90. The number of nitrogens with one attached hydrogen (secondary N) is 2. The van der Waals surface area contributed by atoms with E-state index in [1.807, 2.05) is 36.4 Å². The second-order valence-electron chi connectivity index (χ2n) is 5.62. The number of nitrogens with zero attached hydrogens (tertiary/aromatic N) is 1. The Morgan fingerprint density at radius 2 is 1.95 bits per heavy atom. The first-order valence-electron chi connectivity index (χ1n) is 7.33. The summed E-state index contributed by atoms with van der Waals surface area (Å²) in [5.74, 6) is 0.294. The number of benzene rings is 2. The van der Waals surface area contributed by atoms with E-state index in [2.05, 4.69) is 16.4 Å². The van der Waals surface area contributed by atoms with Gasteiger partial charge in [0, 0.05) is 23.1 Å². The Bertz CT molecular complexity index is 887. The molecule has 4 heteroatoms. The minimum Gasteiger partial charge on any atom is -0.508 e. The van der Waals surface area contributed by atoms with Crippen LogP contribution < -0.4 is 5.32 Å². The molecule has 0 spiro atoms. The molecule has 108 valence electrons. The van der Waals surface area contributed by atoms with Crippen LogP contribution in [-0.4, -0.2) is 16.6 Å². The minimum absolute atomic E-state index is 0.0889. The van der Waals surface area contributed by atoms with Crippen LogP contribution in [0.1, 0.15) is 28.4 Å². The highest BCUT2D eigenvalue weighted by molar-refractivity contribution is 5.86. The van der Waals surface area contributed by atoms with Crippen LogP contribution in [0, 0.1) is 11.3 Å². The van der Waals surface area contributed by atoms with Gasteiger partial charge in [-0.2, -0.15) is 5.26 Å². The number of rotatable bonds is 1. The van der Waals surface area contributed by atoms with E-state index in [-0.39, 0.29) is 6.04 Å². The van der Waals surface area contributed by atoms with E-state index in [4.69, 9.17) is 5.26 Å². The molecule has 0 saturated heterocycles. The molecule has 0 bridgehead atoms. The number of aromatic amines is 1. The van der Waals surface area contributed by atoms with Crippen LogP contribution in [0.4, 0.5) is 0 Å². The highest BCUT2D eigenvalue weighted by Gasteiger charge is 2.25. The zero-order valence-corrected chi connectivity index (χ0v) is 11.9. The maximum Gasteiger partial charge on any atom is 0.116 e. The van der Waals surface area contributed by atoms with Gasteiger partial charge in [-0.1, -0.05) is 12.1 Å². The number of phenolic OH excluding ortho intramolecular Hbond substituents is 1. The van der Waals surface area contributed by atoms with Gasteiger partial charge in [-0.3, -0.25) is 0 Å². The minimum atomic E-state index is 0.0889. The van der Waals surface area contributed by atoms with E-state index >= 15 is 0 Å². The fourth-order valence-electron chi connectivity index (χ4n) is 3.25. The van der Waals surface area contributed by atoms with Crippen molar-refractivity contribution in [2.75, 3.05) is 6.54 Å². The van der Waals surface area contributed by atoms with E-state index in [1.165, 1.54) is 5.56 Å². The maximum absolute atomic E-state index is 9.73. The van der Waals surface area contributed by atoms with E-state index < -0.39 is 0 Å². The first-order chi connectivity index (χ1) is 10.8. The summed E-state index contributed by atoms with van der Waals surface area (Å²) >= 11 is 0. The van der Waals surface area contributed by atoms with Crippen LogP contribution in [0.5, 0.6) is 5.75 Å². The molecule has 4 nitrogen and oxygen atoms in total. The molecule has 0 saturated carbocycles. The van der Waals surface area contributed by atoms with Crippen LogP contribution >= 0.6 is 0 Å². The molecule has 4 rings (SSSR count). The van der Waals surface area contributed by atoms with Gasteiger partial charge in [0.1, 0.15) is 5.75 Å². The van der Waals surface area contributed by atoms with Crippen LogP contribution in [-0.2, 0) is 6.42 Å². The van der Waals surface area contributed by atoms with Crippen molar-refractivity contribution in [1.82, 2.24) is 10.3 Å². The average molecular weight is 289 g/mol. The van der Waals surface area contributed by atoms with Crippen LogP contribution in [0.2, 0.25) is 0 Å². The summed E-state index contributed by atoms with van der Waals surface area (Å²) in [7, 11) is 0. The normalized spacial score (nSPS) is 17.1. The van der Waals surface area contributed by atoms with Crippen molar-refractivity contribution in [3.05, 3.63) is 64.8 Å². The lowest BCUT2D eigenvalue weighted by atomic mass is 9.94. The molecular formula is C18H15N3O. The zero-order valence-electron chi connectivity index (χ0n) is 11.9. The number of nitriles is 1. The number of aromatic hydroxyl groups is 1. The third-order valence-electron chi connectivity index (χ3n) is 4.31. The van der Waals surface area contributed by atoms with Crippen molar-refractivity contribution in [2.45, 2.75) is 12.5 Å². The summed E-state index contributed by atoms with van der Waals surface area (Å²) in [6.07, 6.45) is 0.936. The van der Waals surface area contributed by atoms with Gasteiger partial charge < -0.3 is 15.4 Å². The number of H-pyrrole nitrogens is 1. The molecule has 0 fully saturated rings. The van der Waals surface area contributed by atoms with Crippen LogP contribution in [0.25, 0.3) is 10.9 Å². The van der Waals surface area contributed by atoms with Crippen LogP contribution in [0.15, 0.2) is 42.5 Å². The topological polar surface area (TPSA) is 71.8 Å². The summed E-state index contributed by atoms with van der Waals surface area (Å²) in [5, 5.41) is 23.3. The van der Waals surface area contributed by atoms with Gasteiger partial charge in [0.15, 0.2) is 0 Å². The number of hydrogen-bond donors (Lipinski definition) is 3. The second-order valence-corrected chi connectivity index (χ2v) is 5.62. The standard InChI is InChI=1S/C18H15N3O/c19-10-11-1-3-12(4-2-11)17-18-14(7-8-20-17)15-9-13(22)5-6-16(15)21-18/h1-6,9,17,20-22H,7-8H2. The van der Waals surface area contributed by atoms with Crippen molar-refractivity contribution in [2.24, 2.45) is 0 Å². The lowest BCUT2D eigenvalue weighted by Gasteiger charge is -2.24. The molecule has 0 aliphatic carbocycles. The first-order valence-corrected chi connectivity index (χ1v) is 7.33. The van der Waals surface area contributed by atoms with Gasteiger partial charge in [-0.15, -0.1) is 0 Å². The Morgan fingerprint density at radius 3 is 2.73 bits per heavy atom. The highest BCUT2D eigenvalue weighted by atomic mass is 16.3. The van der Waals surface area contributed by atoms with E-state index in [9.17, 15) is 5.11 Å². The van der Waals surface area contributed by atoms with Gasteiger partial charge in [-0.05, 0) is 47.9 Å². The summed E-state index contributed by atoms with van der Waals surface area (Å²) in [6, 6.07) is 15.4. The maximum atomic E-state index is 9.73.